The van der Waals surface area contributed by atoms with Crippen LogP contribution in [0.3, 0.4) is 0 Å². The van der Waals surface area contributed by atoms with Gasteiger partial charge < -0.3 is 4.57 Å². The SMILES string of the molecule is Cn1c(C=O)ccc1[C@H](C#N)c1ccccc1C#N. The second-order valence-corrected chi connectivity index (χ2v) is 4.12. The van der Waals surface area contributed by atoms with Crippen molar-refractivity contribution in [2.75, 3.05) is 0 Å². The van der Waals surface area contributed by atoms with E-state index in [1.807, 2.05) is 0 Å². The van der Waals surface area contributed by atoms with Gasteiger partial charge in [0.25, 0.3) is 0 Å². The van der Waals surface area contributed by atoms with Crippen LogP contribution in [-0.2, 0) is 7.05 Å². The van der Waals surface area contributed by atoms with E-state index in [2.05, 4.69) is 12.1 Å². The molecule has 0 aliphatic carbocycles. The van der Waals surface area contributed by atoms with E-state index in [-0.39, 0.29) is 0 Å². The molecule has 0 amide bonds. The number of nitrogens with zero attached hydrogens (tertiary/aromatic N) is 3. The maximum Gasteiger partial charge on any atom is 0.166 e. The average molecular weight is 249 g/mol. The lowest BCUT2D eigenvalue weighted by molar-refractivity contribution is 0.111. The van der Waals surface area contributed by atoms with E-state index in [0.717, 1.165) is 6.29 Å². The monoisotopic (exact) mass is 249 g/mol. The second kappa shape index (κ2) is 5.20. The molecule has 1 aromatic carbocycles. The molecular formula is C15H11N3O. The first kappa shape index (κ1) is 12.6. The van der Waals surface area contributed by atoms with Gasteiger partial charge in [0, 0.05) is 12.7 Å². The number of carbonyl (C=O) groups is 1. The molecule has 19 heavy (non-hydrogen) atoms. The van der Waals surface area contributed by atoms with Crippen LogP contribution in [0.2, 0.25) is 0 Å². The van der Waals surface area contributed by atoms with Crippen molar-refractivity contribution in [2.45, 2.75) is 5.92 Å². The molecule has 0 saturated carbocycles. The van der Waals surface area contributed by atoms with E-state index in [1.165, 1.54) is 0 Å². The zero-order valence-corrected chi connectivity index (χ0v) is 10.4. The van der Waals surface area contributed by atoms with Crippen molar-refractivity contribution in [3.63, 3.8) is 0 Å². The molecule has 0 fully saturated rings. The van der Waals surface area contributed by atoms with E-state index >= 15 is 0 Å². The fourth-order valence-electron chi connectivity index (χ4n) is 2.10. The van der Waals surface area contributed by atoms with Crippen molar-refractivity contribution < 1.29 is 4.79 Å². The molecule has 92 valence electrons. The summed E-state index contributed by atoms with van der Waals surface area (Å²) in [4.78, 5) is 10.9. The van der Waals surface area contributed by atoms with E-state index in [0.29, 0.717) is 22.5 Å². The van der Waals surface area contributed by atoms with E-state index in [1.54, 1.807) is 48.0 Å². The van der Waals surface area contributed by atoms with Crippen LogP contribution in [0, 0.1) is 22.7 Å². The van der Waals surface area contributed by atoms with Gasteiger partial charge in [-0.1, -0.05) is 18.2 Å². The summed E-state index contributed by atoms with van der Waals surface area (Å²) in [6, 6.07) is 14.7. The molecular weight excluding hydrogens is 238 g/mol. The third kappa shape index (κ3) is 2.12. The van der Waals surface area contributed by atoms with Crippen molar-refractivity contribution in [1.82, 2.24) is 4.57 Å². The minimum absolute atomic E-state index is 0.475. The number of aldehydes is 1. The Bertz CT molecular complexity index is 701. The van der Waals surface area contributed by atoms with Crippen LogP contribution in [0.4, 0.5) is 0 Å². The first-order valence-electron chi connectivity index (χ1n) is 5.72. The Labute approximate surface area is 111 Å². The molecule has 1 heterocycles. The Balaban J connectivity index is 2.58. The summed E-state index contributed by atoms with van der Waals surface area (Å²) in [5.74, 6) is -0.561. The lowest BCUT2D eigenvalue weighted by Gasteiger charge is -2.13. The molecule has 0 unspecified atom stereocenters. The molecule has 0 aliphatic rings. The maximum absolute atomic E-state index is 10.9. The van der Waals surface area contributed by atoms with Gasteiger partial charge in [0.05, 0.1) is 23.4 Å². The number of hydrogen-bond acceptors (Lipinski definition) is 3. The highest BCUT2D eigenvalue weighted by Crippen LogP contribution is 2.27. The molecule has 0 spiro atoms. The lowest BCUT2D eigenvalue weighted by atomic mass is 9.93. The molecule has 4 heteroatoms. The summed E-state index contributed by atoms with van der Waals surface area (Å²) in [5, 5.41) is 18.5. The molecule has 2 aromatic rings. The molecule has 2 rings (SSSR count). The summed E-state index contributed by atoms with van der Waals surface area (Å²) in [6.07, 6.45) is 0.744. The minimum atomic E-state index is -0.561. The molecule has 0 bridgehead atoms. The summed E-state index contributed by atoms with van der Waals surface area (Å²) < 4.78 is 1.68. The number of hydrogen-bond donors (Lipinski definition) is 0. The molecule has 0 saturated heterocycles. The summed E-state index contributed by atoms with van der Waals surface area (Å²) in [5.41, 5.74) is 2.34. The molecule has 1 aromatic heterocycles. The predicted molar refractivity (Wildman–Crippen MR) is 69.4 cm³/mol. The van der Waals surface area contributed by atoms with Gasteiger partial charge in [-0.25, -0.2) is 0 Å². The predicted octanol–water partition coefficient (Wildman–Crippen LogP) is 2.36. The second-order valence-electron chi connectivity index (χ2n) is 4.12. The van der Waals surface area contributed by atoms with Gasteiger partial charge >= 0.3 is 0 Å². The van der Waals surface area contributed by atoms with Crippen LogP contribution >= 0.6 is 0 Å². The Morgan fingerprint density at radius 2 is 1.95 bits per heavy atom. The van der Waals surface area contributed by atoms with Crippen molar-refractivity contribution in [3.8, 4) is 12.1 Å². The first-order valence-corrected chi connectivity index (χ1v) is 5.72. The molecule has 4 nitrogen and oxygen atoms in total. The standard InChI is InChI=1S/C15H11N3O/c1-18-12(10-19)6-7-15(18)14(9-17)13-5-3-2-4-11(13)8-16/h2-7,10,14H,1H3/t14-/m1/s1. The summed E-state index contributed by atoms with van der Waals surface area (Å²) in [7, 11) is 1.73. The highest BCUT2D eigenvalue weighted by Gasteiger charge is 2.20. The van der Waals surface area contributed by atoms with Crippen LogP contribution in [-0.4, -0.2) is 10.9 Å². The fraction of sp³-hybridized carbons (Fsp3) is 0.133. The van der Waals surface area contributed by atoms with Gasteiger partial charge in [0.1, 0.15) is 5.92 Å². The Kier molecular flexibility index (Phi) is 3.45. The van der Waals surface area contributed by atoms with Crippen LogP contribution in [0.25, 0.3) is 0 Å². The normalized spacial score (nSPS) is 11.3. The molecule has 0 aliphatic heterocycles. The minimum Gasteiger partial charge on any atom is -0.344 e. The van der Waals surface area contributed by atoms with Crippen LogP contribution in [0.5, 0.6) is 0 Å². The van der Waals surface area contributed by atoms with E-state index < -0.39 is 5.92 Å². The van der Waals surface area contributed by atoms with Crippen LogP contribution < -0.4 is 0 Å². The largest absolute Gasteiger partial charge is 0.344 e. The zero-order chi connectivity index (χ0) is 13.8. The third-order valence-electron chi connectivity index (χ3n) is 3.14. The van der Waals surface area contributed by atoms with Gasteiger partial charge in [0.2, 0.25) is 0 Å². The first-order chi connectivity index (χ1) is 9.22. The van der Waals surface area contributed by atoms with Gasteiger partial charge in [-0.05, 0) is 23.8 Å². The van der Waals surface area contributed by atoms with E-state index in [9.17, 15) is 10.1 Å². The zero-order valence-electron chi connectivity index (χ0n) is 10.4. The third-order valence-corrected chi connectivity index (χ3v) is 3.14. The fourth-order valence-corrected chi connectivity index (χ4v) is 2.10. The van der Waals surface area contributed by atoms with Gasteiger partial charge in [0.15, 0.2) is 6.29 Å². The van der Waals surface area contributed by atoms with Crippen molar-refractivity contribution in [2.24, 2.45) is 7.05 Å². The topological polar surface area (TPSA) is 69.6 Å². The summed E-state index contributed by atoms with van der Waals surface area (Å²) >= 11 is 0. The summed E-state index contributed by atoms with van der Waals surface area (Å²) in [6.45, 7) is 0. The number of benzene rings is 1. The maximum atomic E-state index is 10.9. The Hall–Kier alpha value is -2.85. The number of aromatic nitrogens is 1. The smallest absolute Gasteiger partial charge is 0.166 e. The van der Waals surface area contributed by atoms with Crippen LogP contribution in [0.1, 0.15) is 33.2 Å². The highest BCUT2D eigenvalue weighted by atomic mass is 16.1. The average Bonchev–Trinajstić information content (AvgIpc) is 2.82. The van der Waals surface area contributed by atoms with Crippen LogP contribution in [0.15, 0.2) is 36.4 Å². The molecule has 0 N–H and O–H groups in total. The van der Waals surface area contributed by atoms with Crippen molar-refractivity contribution in [3.05, 3.63) is 58.9 Å². The van der Waals surface area contributed by atoms with Gasteiger partial charge in [-0.15, -0.1) is 0 Å². The van der Waals surface area contributed by atoms with E-state index in [4.69, 9.17) is 5.26 Å². The van der Waals surface area contributed by atoms with Crippen molar-refractivity contribution >= 4 is 6.29 Å². The highest BCUT2D eigenvalue weighted by molar-refractivity contribution is 5.73. The molecule has 1 atom stereocenters. The quantitative estimate of drug-likeness (QED) is 0.784. The van der Waals surface area contributed by atoms with Crippen molar-refractivity contribution in [1.29, 1.82) is 10.5 Å². The van der Waals surface area contributed by atoms with Gasteiger partial charge in [-0.3, -0.25) is 4.79 Å². The lowest BCUT2D eigenvalue weighted by Crippen LogP contribution is -2.08. The van der Waals surface area contributed by atoms with Gasteiger partial charge in [-0.2, -0.15) is 10.5 Å². The number of carbonyl (C=O) groups excluding carboxylic acids is 1. The number of nitriles is 2. The molecule has 0 radical (unpaired) electrons. The number of rotatable bonds is 3. The Morgan fingerprint density at radius 3 is 2.53 bits per heavy atom. The Morgan fingerprint density at radius 1 is 1.21 bits per heavy atom.